The van der Waals surface area contributed by atoms with Gasteiger partial charge in [0.25, 0.3) is 0 Å². The number of aromatic carboxylic acids is 2. The lowest BCUT2D eigenvalue weighted by Gasteiger charge is -2.39. The molecule has 0 aliphatic heterocycles. The molecule has 0 saturated carbocycles. The van der Waals surface area contributed by atoms with Crippen molar-refractivity contribution >= 4 is 11.9 Å². The molecule has 0 aromatic heterocycles. The van der Waals surface area contributed by atoms with Gasteiger partial charge < -0.3 is 14.9 Å². The molecule has 0 radical (unpaired) electrons. The van der Waals surface area contributed by atoms with E-state index in [-0.39, 0.29) is 16.5 Å². The molecule has 5 heteroatoms. The Morgan fingerprint density at radius 2 is 0.602 bits per heavy atom. The third kappa shape index (κ3) is 19.4. The highest BCUT2D eigenvalue weighted by molar-refractivity contribution is 6.09. The van der Waals surface area contributed by atoms with E-state index in [1.165, 1.54) is 0 Å². The van der Waals surface area contributed by atoms with Gasteiger partial charge in [0.15, 0.2) is 0 Å². The number of carboxylic acids is 2. The van der Waals surface area contributed by atoms with Crippen LogP contribution in [0.15, 0.2) is 376 Å². The van der Waals surface area contributed by atoms with Gasteiger partial charge in [-0.3, -0.25) is 0 Å². The smallest absolute Gasteiger partial charge is 0.335 e. The Kier molecular flexibility index (Phi) is 26.6. The molecule has 16 aromatic carbocycles. The average molecular weight is 1650 g/mol. The third-order valence-electron chi connectivity index (χ3n) is 24.3. The van der Waals surface area contributed by atoms with E-state index in [9.17, 15) is 19.8 Å². The van der Waals surface area contributed by atoms with Crippen molar-refractivity contribution in [3.63, 3.8) is 0 Å². The highest BCUT2D eigenvalue weighted by Crippen LogP contribution is 2.56. The van der Waals surface area contributed by atoms with Crippen LogP contribution in [0.4, 0.5) is 0 Å². The number of hydrogen-bond donors (Lipinski definition) is 2. The van der Waals surface area contributed by atoms with Crippen LogP contribution < -0.4 is 4.74 Å². The number of rotatable bonds is 24. The van der Waals surface area contributed by atoms with Crippen LogP contribution >= 0.6 is 0 Å². The summed E-state index contributed by atoms with van der Waals surface area (Å²) >= 11 is 0. The highest BCUT2D eigenvalue weighted by Gasteiger charge is 2.39. The Morgan fingerprint density at radius 3 is 0.961 bits per heavy atom. The van der Waals surface area contributed by atoms with E-state index < -0.39 is 17.4 Å². The van der Waals surface area contributed by atoms with E-state index in [2.05, 4.69) is 294 Å². The van der Waals surface area contributed by atoms with Crippen molar-refractivity contribution in [1.82, 2.24) is 0 Å². The quantitative estimate of drug-likeness (QED) is 0.0589. The van der Waals surface area contributed by atoms with E-state index in [0.29, 0.717) is 29.9 Å². The molecule has 16 rings (SSSR count). The van der Waals surface area contributed by atoms with Crippen LogP contribution in [0.1, 0.15) is 173 Å². The molecule has 618 valence electrons. The summed E-state index contributed by atoms with van der Waals surface area (Å²) in [6.07, 6.45) is 13.0. The zero-order chi connectivity index (χ0) is 88.4. The molecule has 0 aliphatic rings. The second-order valence-electron chi connectivity index (χ2n) is 32.8. The molecule has 16 aromatic rings. The standard InChI is InChI=1S/C123H96O5/c1-7-12-77-123(11-5,107-79-86(10-4)78-104(83-107)120(124)125)113-85-112(96-61-53-92(54-62-96)48-44-88-33-21-14-22-34-88)116(119(98-41-29-18-30-42-98)117(113)102-65-57-94(58-66-102)50-46-90-37-25-16-26-38-90)101-69-73-109(74-70-101)128-108-71-67-100(68-72-108)114-110(95-59-51-91(52-60-95)47-43-87-31-19-13-20-32-87)84-111(103-80-105(121(126)127)82-106(81-103)122(6,75-8-2)76-9-3)115(118(114)97-39-27-17-28-40-97)99-63-55-93(56-64-99)49-45-89-35-23-15-24-36-89/h4,13-42,51-74,78-85H,7-9,11-12,75-77H2,1-3,5-6H3,(H,124,125)(H,126,127). The van der Waals surface area contributed by atoms with Crippen molar-refractivity contribution in [2.45, 2.75) is 96.8 Å². The van der Waals surface area contributed by atoms with Crippen molar-refractivity contribution in [3.05, 3.63) is 454 Å². The van der Waals surface area contributed by atoms with Crippen molar-refractivity contribution in [1.29, 1.82) is 0 Å². The normalized spacial score (nSPS) is 11.3. The second kappa shape index (κ2) is 39.7. The molecule has 1 unspecified atom stereocenters. The molecule has 0 spiro atoms. The van der Waals surface area contributed by atoms with Gasteiger partial charge in [-0.1, -0.05) is 326 Å². The van der Waals surface area contributed by atoms with Gasteiger partial charge in [0.05, 0.1) is 11.1 Å². The Bertz CT molecular complexity index is 7000. The van der Waals surface area contributed by atoms with E-state index in [1.807, 2.05) is 164 Å². The zero-order valence-corrected chi connectivity index (χ0v) is 72.6. The average Bonchev–Trinajstić information content (AvgIpc) is 0.719. The first kappa shape index (κ1) is 85.6. The maximum atomic E-state index is 13.7. The number of benzene rings is 16. The molecule has 0 aliphatic carbocycles. The van der Waals surface area contributed by atoms with E-state index in [1.54, 1.807) is 6.07 Å². The number of terminal acetylenes is 1. The lowest BCUT2D eigenvalue weighted by Crippen LogP contribution is -2.29. The second-order valence-corrected chi connectivity index (χ2v) is 32.8. The van der Waals surface area contributed by atoms with Crippen LogP contribution in [0, 0.1) is 59.7 Å². The van der Waals surface area contributed by atoms with Gasteiger partial charge in [-0.25, -0.2) is 9.59 Å². The summed E-state index contributed by atoms with van der Waals surface area (Å²) in [5.74, 6) is 29.3. The van der Waals surface area contributed by atoms with Crippen LogP contribution in [-0.4, -0.2) is 22.2 Å². The molecule has 0 saturated heterocycles. The Labute approximate surface area is 753 Å². The first-order valence-corrected chi connectivity index (χ1v) is 44.1. The number of hydrogen-bond acceptors (Lipinski definition) is 3. The molecule has 128 heavy (non-hydrogen) atoms. The molecular formula is C123H96O5. The van der Waals surface area contributed by atoms with Crippen molar-refractivity contribution in [2.75, 3.05) is 0 Å². The Balaban J connectivity index is 0.892. The van der Waals surface area contributed by atoms with Gasteiger partial charge in [-0.2, -0.15) is 0 Å². The van der Waals surface area contributed by atoms with Gasteiger partial charge in [0.2, 0.25) is 0 Å². The Morgan fingerprint density at radius 1 is 0.289 bits per heavy atom. The summed E-state index contributed by atoms with van der Waals surface area (Å²) < 4.78 is 7.10. The van der Waals surface area contributed by atoms with Gasteiger partial charge in [-0.05, 0) is 312 Å². The molecule has 0 heterocycles. The molecule has 0 fully saturated rings. The Hall–Kier alpha value is -15.9. The van der Waals surface area contributed by atoms with Crippen LogP contribution in [0.3, 0.4) is 0 Å². The van der Waals surface area contributed by atoms with E-state index >= 15 is 0 Å². The third-order valence-corrected chi connectivity index (χ3v) is 24.3. The fraction of sp³-hybridized carbons (Fsp3) is 0.122. The molecular weight excluding hydrogens is 1560 g/mol. The van der Waals surface area contributed by atoms with Crippen molar-refractivity contribution < 1.29 is 24.5 Å². The summed E-state index contributed by atoms with van der Waals surface area (Å²) in [4.78, 5) is 27.1. The minimum absolute atomic E-state index is 0.131. The van der Waals surface area contributed by atoms with Crippen LogP contribution in [-0.2, 0) is 10.8 Å². The number of unbranched alkanes of at least 4 members (excludes halogenated alkanes) is 1. The summed E-state index contributed by atoms with van der Waals surface area (Å²) in [5.41, 5.74) is 26.7. The van der Waals surface area contributed by atoms with Crippen LogP contribution in [0.5, 0.6) is 11.5 Å². The van der Waals surface area contributed by atoms with Gasteiger partial charge in [0, 0.05) is 55.5 Å². The summed E-state index contributed by atoms with van der Waals surface area (Å²) in [7, 11) is 0. The molecule has 0 amide bonds. The summed E-state index contributed by atoms with van der Waals surface area (Å²) in [5, 5.41) is 22.1. The van der Waals surface area contributed by atoms with Gasteiger partial charge in [0.1, 0.15) is 11.5 Å². The maximum absolute atomic E-state index is 13.7. The predicted octanol–water partition coefficient (Wildman–Crippen LogP) is 30.2. The van der Waals surface area contributed by atoms with Crippen molar-refractivity contribution in [3.8, 4) is 171 Å². The lowest BCUT2D eigenvalue weighted by atomic mass is 9.64. The minimum Gasteiger partial charge on any atom is -0.478 e. The molecule has 1 atom stereocenters. The number of carbonyl (C=O) groups is 2. The number of carboxylic acid groups (broad SMARTS) is 2. The molecule has 2 N–H and O–H groups in total. The monoisotopic (exact) mass is 1650 g/mol. The zero-order valence-electron chi connectivity index (χ0n) is 72.6. The maximum Gasteiger partial charge on any atom is 0.335 e. The van der Waals surface area contributed by atoms with Gasteiger partial charge >= 0.3 is 11.9 Å². The van der Waals surface area contributed by atoms with Crippen LogP contribution in [0.2, 0.25) is 0 Å². The first-order chi connectivity index (χ1) is 62.7. The predicted molar refractivity (Wildman–Crippen MR) is 528 cm³/mol. The minimum atomic E-state index is -1.05. The van der Waals surface area contributed by atoms with Crippen molar-refractivity contribution in [2.24, 2.45) is 0 Å². The molecule has 0 bridgehead atoms. The highest BCUT2D eigenvalue weighted by atomic mass is 16.5. The van der Waals surface area contributed by atoms with Crippen LogP contribution in [0.25, 0.3) is 100 Å². The fourth-order valence-corrected chi connectivity index (χ4v) is 17.9. The number of ether oxygens (including phenoxy) is 1. The SMILES string of the molecule is C#Cc1cc(C(=O)O)cc(C(CC)(CCCC)c2cc(-c3ccc(C#Cc4ccccc4)cc3)c(-c3ccc(Oc4ccc(-c5c(-c6ccc(C#Cc7ccccc7)cc6)cc(-c6cc(C(=O)O)cc(C(C)(CCC)CCC)c6)c(-c6ccc(C#Cc7ccccc7)cc6)c5-c5ccccc5)cc4)cc3)c(-c3ccccc3)c2-c2ccc(C#Cc3ccccc3)cc2)c1. The topological polar surface area (TPSA) is 83.8 Å². The largest absolute Gasteiger partial charge is 0.478 e. The van der Waals surface area contributed by atoms with E-state index in [4.69, 9.17) is 11.2 Å². The van der Waals surface area contributed by atoms with E-state index in [0.717, 1.165) is 200 Å². The van der Waals surface area contributed by atoms with Gasteiger partial charge in [-0.15, -0.1) is 6.42 Å². The fourth-order valence-electron chi connectivity index (χ4n) is 17.9. The lowest BCUT2D eigenvalue weighted by molar-refractivity contribution is 0.0686. The molecule has 5 nitrogen and oxygen atoms in total. The first-order valence-electron chi connectivity index (χ1n) is 44.1. The summed E-state index contributed by atoms with van der Waals surface area (Å²) in [6, 6.07) is 128. The summed E-state index contributed by atoms with van der Waals surface area (Å²) in [6.45, 7) is 11.1.